The molecule has 0 aliphatic carbocycles. The zero-order valence-electron chi connectivity index (χ0n) is 10.3. The number of hydrogen-bond donors (Lipinski definition) is 1. The molecule has 4 heteroatoms. The third-order valence-corrected chi connectivity index (χ3v) is 3.68. The number of likely N-dealkylation sites (N-methyl/N-ethyl adjacent to an activating group) is 1. The summed E-state index contributed by atoms with van der Waals surface area (Å²) in [7, 11) is 2.15. The van der Waals surface area contributed by atoms with Gasteiger partial charge in [0.15, 0.2) is 0 Å². The number of nitrogens with two attached hydrogens (primary N) is 1. The number of halogens is 1. The molecule has 1 aromatic rings. The molecule has 0 amide bonds. The predicted octanol–water partition coefficient (Wildman–Crippen LogP) is 1.81. The number of hydrogen-bond acceptors (Lipinski definition) is 3. The fourth-order valence-corrected chi connectivity index (χ4v) is 2.58. The topological polar surface area (TPSA) is 32.5 Å². The van der Waals surface area contributed by atoms with E-state index in [-0.39, 0.29) is 0 Å². The van der Waals surface area contributed by atoms with Gasteiger partial charge in [-0.1, -0.05) is 17.7 Å². The van der Waals surface area contributed by atoms with Crippen molar-refractivity contribution in [2.75, 3.05) is 38.1 Å². The smallest absolute Gasteiger partial charge is 0.0426 e. The summed E-state index contributed by atoms with van der Waals surface area (Å²) >= 11 is 6.02. The van der Waals surface area contributed by atoms with Gasteiger partial charge in [-0.2, -0.15) is 0 Å². The summed E-state index contributed by atoms with van der Waals surface area (Å²) in [5.41, 5.74) is 6.81. The molecule has 2 N–H and O–H groups in total. The SMILES string of the molecule is CN(CCN)C1CCN(c2cccc(Cl)c2)C1. The van der Waals surface area contributed by atoms with Crippen molar-refractivity contribution in [1.82, 2.24) is 4.90 Å². The lowest BCUT2D eigenvalue weighted by Gasteiger charge is -2.24. The highest BCUT2D eigenvalue weighted by Crippen LogP contribution is 2.24. The summed E-state index contributed by atoms with van der Waals surface area (Å²) in [6.45, 7) is 3.86. The van der Waals surface area contributed by atoms with Crippen LogP contribution in [-0.2, 0) is 0 Å². The number of rotatable bonds is 4. The first-order chi connectivity index (χ1) is 8.20. The third-order valence-electron chi connectivity index (χ3n) is 3.44. The Hall–Kier alpha value is -0.770. The van der Waals surface area contributed by atoms with E-state index in [2.05, 4.69) is 22.9 Å². The van der Waals surface area contributed by atoms with E-state index in [9.17, 15) is 0 Å². The zero-order chi connectivity index (χ0) is 12.3. The van der Waals surface area contributed by atoms with Crippen molar-refractivity contribution < 1.29 is 0 Å². The van der Waals surface area contributed by atoms with Crippen LogP contribution in [0.1, 0.15) is 6.42 Å². The fourth-order valence-electron chi connectivity index (χ4n) is 2.40. The van der Waals surface area contributed by atoms with Crippen LogP contribution in [0.2, 0.25) is 5.02 Å². The summed E-state index contributed by atoms with van der Waals surface area (Å²) in [5.74, 6) is 0. The summed E-state index contributed by atoms with van der Waals surface area (Å²) in [5, 5.41) is 0.807. The Morgan fingerprint density at radius 2 is 2.35 bits per heavy atom. The van der Waals surface area contributed by atoms with E-state index in [1.54, 1.807) is 0 Å². The molecule has 1 fully saturated rings. The van der Waals surface area contributed by atoms with Gasteiger partial charge in [0.05, 0.1) is 0 Å². The van der Waals surface area contributed by atoms with Crippen molar-refractivity contribution in [2.24, 2.45) is 5.73 Å². The van der Waals surface area contributed by atoms with Gasteiger partial charge >= 0.3 is 0 Å². The second-order valence-corrected chi connectivity index (χ2v) is 5.07. The van der Waals surface area contributed by atoms with E-state index in [4.69, 9.17) is 17.3 Å². The highest BCUT2D eigenvalue weighted by Gasteiger charge is 2.25. The first-order valence-electron chi connectivity index (χ1n) is 6.11. The highest BCUT2D eigenvalue weighted by molar-refractivity contribution is 6.30. The van der Waals surface area contributed by atoms with E-state index in [1.165, 1.54) is 12.1 Å². The Kier molecular flexibility index (Phi) is 4.26. The van der Waals surface area contributed by atoms with Crippen LogP contribution in [0.4, 0.5) is 5.69 Å². The van der Waals surface area contributed by atoms with Gasteiger partial charge in [-0.25, -0.2) is 0 Å². The molecular weight excluding hydrogens is 234 g/mol. The van der Waals surface area contributed by atoms with E-state index in [1.807, 2.05) is 18.2 Å². The second kappa shape index (κ2) is 5.71. The van der Waals surface area contributed by atoms with Crippen LogP contribution in [0.15, 0.2) is 24.3 Å². The van der Waals surface area contributed by atoms with Gasteiger partial charge in [0.2, 0.25) is 0 Å². The molecule has 1 heterocycles. The maximum Gasteiger partial charge on any atom is 0.0426 e. The monoisotopic (exact) mass is 253 g/mol. The molecule has 0 radical (unpaired) electrons. The van der Waals surface area contributed by atoms with Crippen LogP contribution < -0.4 is 10.6 Å². The minimum absolute atomic E-state index is 0.609. The molecule has 1 aliphatic heterocycles. The molecule has 0 saturated carbocycles. The standard InChI is InChI=1S/C13H20ClN3/c1-16(8-6-15)13-5-7-17(10-13)12-4-2-3-11(14)9-12/h2-4,9,13H,5-8,10,15H2,1H3. The van der Waals surface area contributed by atoms with Crippen molar-refractivity contribution in [1.29, 1.82) is 0 Å². The molecule has 1 aromatic carbocycles. The summed E-state index contributed by atoms with van der Waals surface area (Å²) in [6, 6.07) is 8.69. The van der Waals surface area contributed by atoms with Crippen molar-refractivity contribution in [3.63, 3.8) is 0 Å². The number of nitrogens with zero attached hydrogens (tertiary/aromatic N) is 2. The number of anilines is 1. The van der Waals surface area contributed by atoms with Gasteiger partial charge in [0.25, 0.3) is 0 Å². The average Bonchev–Trinajstić information content (AvgIpc) is 2.78. The van der Waals surface area contributed by atoms with Crippen LogP contribution in [0.3, 0.4) is 0 Å². The molecule has 3 nitrogen and oxygen atoms in total. The largest absolute Gasteiger partial charge is 0.370 e. The van der Waals surface area contributed by atoms with E-state index in [0.29, 0.717) is 6.04 Å². The first kappa shape index (κ1) is 12.7. The summed E-state index contributed by atoms with van der Waals surface area (Å²) < 4.78 is 0. The normalized spacial score (nSPS) is 20.2. The predicted molar refractivity (Wildman–Crippen MR) is 73.8 cm³/mol. The third kappa shape index (κ3) is 3.12. The molecule has 1 saturated heterocycles. The minimum atomic E-state index is 0.609. The van der Waals surface area contributed by atoms with Crippen LogP contribution in [0, 0.1) is 0 Å². The maximum atomic E-state index is 6.02. The zero-order valence-corrected chi connectivity index (χ0v) is 11.0. The van der Waals surface area contributed by atoms with Gasteiger partial charge < -0.3 is 15.5 Å². The molecule has 0 bridgehead atoms. The van der Waals surface area contributed by atoms with Crippen molar-refractivity contribution in [3.8, 4) is 0 Å². The second-order valence-electron chi connectivity index (χ2n) is 4.64. The average molecular weight is 254 g/mol. The molecule has 94 valence electrons. The quantitative estimate of drug-likeness (QED) is 0.888. The van der Waals surface area contributed by atoms with Crippen LogP contribution in [-0.4, -0.2) is 44.2 Å². The lowest BCUT2D eigenvalue weighted by molar-refractivity contribution is 0.266. The lowest BCUT2D eigenvalue weighted by atomic mass is 10.2. The summed E-state index contributed by atoms with van der Waals surface area (Å²) in [4.78, 5) is 4.74. The Bertz CT molecular complexity index is 369. The molecule has 17 heavy (non-hydrogen) atoms. The Balaban J connectivity index is 1.98. The molecule has 1 atom stereocenters. The van der Waals surface area contributed by atoms with Gasteiger partial charge in [-0.3, -0.25) is 0 Å². The van der Waals surface area contributed by atoms with Crippen LogP contribution in [0.25, 0.3) is 0 Å². The Morgan fingerprint density at radius 3 is 3.06 bits per heavy atom. The number of benzene rings is 1. The molecule has 1 unspecified atom stereocenters. The highest BCUT2D eigenvalue weighted by atomic mass is 35.5. The molecule has 1 aliphatic rings. The van der Waals surface area contributed by atoms with E-state index >= 15 is 0 Å². The lowest BCUT2D eigenvalue weighted by Crippen LogP contribution is -2.37. The van der Waals surface area contributed by atoms with Gasteiger partial charge in [0.1, 0.15) is 0 Å². The van der Waals surface area contributed by atoms with E-state index < -0.39 is 0 Å². The van der Waals surface area contributed by atoms with Gasteiger partial charge in [0, 0.05) is 42.9 Å². The first-order valence-corrected chi connectivity index (χ1v) is 6.49. The molecular formula is C13H20ClN3. The Labute approximate surface area is 108 Å². The van der Waals surface area contributed by atoms with Gasteiger partial charge in [-0.05, 0) is 31.7 Å². The van der Waals surface area contributed by atoms with Gasteiger partial charge in [-0.15, -0.1) is 0 Å². The minimum Gasteiger partial charge on any atom is -0.370 e. The van der Waals surface area contributed by atoms with E-state index in [0.717, 1.165) is 31.2 Å². The van der Waals surface area contributed by atoms with Crippen molar-refractivity contribution in [3.05, 3.63) is 29.3 Å². The molecule has 0 spiro atoms. The van der Waals surface area contributed by atoms with Crippen LogP contribution in [0.5, 0.6) is 0 Å². The molecule has 2 rings (SSSR count). The van der Waals surface area contributed by atoms with Crippen molar-refractivity contribution >= 4 is 17.3 Å². The summed E-state index contributed by atoms with van der Waals surface area (Å²) in [6.07, 6.45) is 1.20. The fraction of sp³-hybridized carbons (Fsp3) is 0.538. The molecule has 0 aromatic heterocycles. The van der Waals surface area contributed by atoms with Crippen LogP contribution >= 0.6 is 11.6 Å². The maximum absolute atomic E-state index is 6.02. The van der Waals surface area contributed by atoms with Crippen molar-refractivity contribution in [2.45, 2.75) is 12.5 Å². The Morgan fingerprint density at radius 1 is 1.53 bits per heavy atom.